The lowest BCUT2D eigenvalue weighted by atomic mass is 9.88. The van der Waals surface area contributed by atoms with E-state index >= 15 is 0 Å². The fraction of sp³-hybridized carbons (Fsp3) is 1.00. The van der Waals surface area contributed by atoms with Crippen molar-refractivity contribution in [2.75, 3.05) is 39.8 Å². The minimum absolute atomic E-state index is 0.243. The van der Waals surface area contributed by atoms with Gasteiger partial charge in [0.25, 0.3) is 0 Å². The van der Waals surface area contributed by atoms with Gasteiger partial charge in [0.15, 0.2) is 0 Å². The molecular formula is C15H33N3. The molecule has 0 aliphatic carbocycles. The lowest BCUT2D eigenvalue weighted by molar-refractivity contribution is 0.0941. The molecule has 0 aromatic heterocycles. The van der Waals surface area contributed by atoms with E-state index in [0.717, 1.165) is 13.1 Å². The van der Waals surface area contributed by atoms with E-state index in [4.69, 9.17) is 5.73 Å². The normalized spacial score (nSPS) is 26.8. The first kappa shape index (κ1) is 15.9. The summed E-state index contributed by atoms with van der Waals surface area (Å²) in [6.45, 7) is 12.5. The van der Waals surface area contributed by atoms with Crippen LogP contribution in [0.15, 0.2) is 0 Å². The van der Waals surface area contributed by atoms with Crippen LogP contribution >= 0.6 is 0 Å². The minimum Gasteiger partial charge on any atom is -0.329 e. The van der Waals surface area contributed by atoms with E-state index in [1.54, 1.807) is 0 Å². The van der Waals surface area contributed by atoms with E-state index in [2.05, 4.69) is 37.6 Å². The third-order valence-electron chi connectivity index (χ3n) is 4.38. The van der Waals surface area contributed by atoms with Gasteiger partial charge in [-0.1, -0.05) is 20.8 Å². The summed E-state index contributed by atoms with van der Waals surface area (Å²) < 4.78 is 0. The van der Waals surface area contributed by atoms with Crippen LogP contribution in [-0.2, 0) is 0 Å². The summed E-state index contributed by atoms with van der Waals surface area (Å²) in [5.74, 6) is 0.716. The molecule has 1 fully saturated rings. The Morgan fingerprint density at radius 1 is 1.28 bits per heavy atom. The maximum absolute atomic E-state index is 6.14. The van der Waals surface area contributed by atoms with Crippen molar-refractivity contribution in [3.63, 3.8) is 0 Å². The van der Waals surface area contributed by atoms with Crippen molar-refractivity contribution >= 4 is 0 Å². The van der Waals surface area contributed by atoms with Gasteiger partial charge in [-0.25, -0.2) is 0 Å². The summed E-state index contributed by atoms with van der Waals surface area (Å²) in [6, 6.07) is 0. The first-order valence-electron chi connectivity index (χ1n) is 7.67. The van der Waals surface area contributed by atoms with Gasteiger partial charge >= 0.3 is 0 Å². The Balaban J connectivity index is 2.63. The average Bonchev–Trinajstić information content (AvgIpc) is 2.52. The molecule has 0 aromatic carbocycles. The molecule has 2 N–H and O–H groups in total. The van der Waals surface area contributed by atoms with Crippen molar-refractivity contribution in [3.05, 3.63) is 0 Å². The van der Waals surface area contributed by atoms with Crippen LogP contribution in [0.3, 0.4) is 0 Å². The summed E-state index contributed by atoms with van der Waals surface area (Å²) >= 11 is 0. The summed E-state index contributed by atoms with van der Waals surface area (Å²) in [6.07, 6.45) is 5.04. The number of rotatable bonds is 6. The number of hydrogen-bond donors (Lipinski definition) is 1. The second-order valence-electron chi connectivity index (χ2n) is 6.40. The smallest absolute Gasteiger partial charge is 0.0341 e. The van der Waals surface area contributed by atoms with Crippen LogP contribution in [0.5, 0.6) is 0 Å². The highest BCUT2D eigenvalue weighted by molar-refractivity contribution is 4.93. The summed E-state index contributed by atoms with van der Waals surface area (Å²) in [7, 11) is 2.27. The van der Waals surface area contributed by atoms with Crippen molar-refractivity contribution in [1.82, 2.24) is 9.80 Å². The van der Waals surface area contributed by atoms with Gasteiger partial charge in [0.1, 0.15) is 0 Å². The van der Waals surface area contributed by atoms with Crippen molar-refractivity contribution in [1.29, 1.82) is 0 Å². The molecule has 1 aliphatic rings. The molecule has 0 aromatic rings. The number of nitrogens with two attached hydrogens (primary N) is 1. The second-order valence-corrected chi connectivity index (χ2v) is 6.40. The third kappa shape index (κ3) is 4.22. The molecule has 1 heterocycles. The molecule has 0 radical (unpaired) electrons. The van der Waals surface area contributed by atoms with E-state index in [1.165, 1.54) is 45.3 Å². The van der Waals surface area contributed by atoms with Gasteiger partial charge in [-0.05, 0) is 58.3 Å². The highest BCUT2D eigenvalue weighted by Crippen LogP contribution is 2.28. The Labute approximate surface area is 114 Å². The molecule has 1 atom stereocenters. The van der Waals surface area contributed by atoms with Crippen molar-refractivity contribution in [3.8, 4) is 0 Å². The van der Waals surface area contributed by atoms with Crippen LogP contribution in [-0.4, -0.2) is 55.1 Å². The van der Waals surface area contributed by atoms with Gasteiger partial charge < -0.3 is 10.6 Å². The quantitative estimate of drug-likeness (QED) is 0.789. The number of hydrogen-bond acceptors (Lipinski definition) is 3. The van der Waals surface area contributed by atoms with Gasteiger partial charge in [0.2, 0.25) is 0 Å². The molecule has 3 heteroatoms. The van der Waals surface area contributed by atoms with Crippen molar-refractivity contribution < 1.29 is 0 Å². The first-order chi connectivity index (χ1) is 8.54. The fourth-order valence-corrected chi connectivity index (χ4v) is 3.26. The predicted octanol–water partition coefficient (Wildman–Crippen LogP) is 2.17. The Morgan fingerprint density at radius 2 is 2.00 bits per heavy atom. The topological polar surface area (TPSA) is 32.5 Å². The zero-order chi connectivity index (χ0) is 13.6. The lowest BCUT2D eigenvalue weighted by Gasteiger charge is -2.41. The first-order valence-corrected chi connectivity index (χ1v) is 7.67. The summed E-state index contributed by atoms with van der Waals surface area (Å²) in [4.78, 5) is 5.15. The Hall–Kier alpha value is -0.120. The highest BCUT2D eigenvalue weighted by Gasteiger charge is 2.35. The largest absolute Gasteiger partial charge is 0.329 e. The number of likely N-dealkylation sites (tertiary alicyclic amines) is 1. The second kappa shape index (κ2) is 7.46. The van der Waals surface area contributed by atoms with Gasteiger partial charge in [-0.3, -0.25) is 4.90 Å². The van der Waals surface area contributed by atoms with E-state index in [0.29, 0.717) is 5.92 Å². The Kier molecular flexibility index (Phi) is 6.61. The lowest BCUT2D eigenvalue weighted by Crippen LogP contribution is -2.53. The van der Waals surface area contributed by atoms with Crippen LogP contribution in [0.4, 0.5) is 0 Å². The van der Waals surface area contributed by atoms with Crippen molar-refractivity contribution in [2.45, 2.75) is 52.0 Å². The summed E-state index contributed by atoms with van der Waals surface area (Å²) in [5, 5.41) is 0. The molecule has 1 saturated heterocycles. The van der Waals surface area contributed by atoms with Crippen molar-refractivity contribution in [2.24, 2.45) is 11.7 Å². The average molecular weight is 255 g/mol. The van der Waals surface area contributed by atoms with Gasteiger partial charge in [-0.15, -0.1) is 0 Å². The van der Waals surface area contributed by atoms with E-state index in [9.17, 15) is 0 Å². The maximum atomic E-state index is 6.14. The zero-order valence-corrected chi connectivity index (χ0v) is 12.9. The molecule has 1 rings (SSSR count). The van der Waals surface area contributed by atoms with Gasteiger partial charge in [0, 0.05) is 18.6 Å². The summed E-state index contributed by atoms with van der Waals surface area (Å²) in [5.41, 5.74) is 6.39. The molecule has 0 saturated carbocycles. The molecule has 18 heavy (non-hydrogen) atoms. The van der Waals surface area contributed by atoms with Gasteiger partial charge in [0.05, 0.1) is 0 Å². The van der Waals surface area contributed by atoms with Gasteiger partial charge in [-0.2, -0.15) is 0 Å². The number of nitrogens with zero attached hydrogens (tertiary/aromatic N) is 2. The molecule has 0 amide bonds. The van der Waals surface area contributed by atoms with E-state index < -0.39 is 0 Å². The van der Waals surface area contributed by atoms with Crippen LogP contribution in [0.1, 0.15) is 46.5 Å². The van der Waals surface area contributed by atoms with E-state index in [-0.39, 0.29) is 5.54 Å². The molecule has 0 bridgehead atoms. The SMILES string of the molecule is CCCN1CCCC(CN)(N(C)CC(C)C)CC1. The molecule has 0 spiro atoms. The molecule has 1 aliphatic heterocycles. The molecule has 1 unspecified atom stereocenters. The monoisotopic (exact) mass is 255 g/mol. The standard InChI is InChI=1S/C15H33N3/c1-5-9-18-10-6-7-15(13-16,8-11-18)17(4)12-14(2)3/h14H,5-13,16H2,1-4H3. The van der Waals surface area contributed by atoms with Crippen LogP contribution in [0.25, 0.3) is 0 Å². The zero-order valence-electron chi connectivity index (χ0n) is 12.9. The van der Waals surface area contributed by atoms with Crippen LogP contribution in [0.2, 0.25) is 0 Å². The fourth-order valence-electron chi connectivity index (χ4n) is 3.26. The van der Waals surface area contributed by atoms with Crippen LogP contribution < -0.4 is 5.73 Å². The third-order valence-corrected chi connectivity index (χ3v) is 4.38. The molecular weight excluding hydrogens is 222 g/mol. The van der Waals surface area contributed by atoms with Crippen LogP contribution in [0, 0.1) is 5.92 Å². The molecule has 3 nitrogen and oxygen atoms in total. The highest BCUT2D eigenvalue weighted by atomic mass is 15.2. The Bertz CT molecular complexity index is 230. The molecule has 108 valence electrons. The maximum Gasteiger partial charge on any atom is 0.0341 e. The minimum atomic E-state index is 0.243. The predicted molar refractivity (Wildman–Crippen MR) is 79.8 cm³/mol. The number of likely N-dealkylation sites (N-methyl/N-ethyl adjacent to an activating group) is 1. The van der Waals surface area contributed by atoms with E-state index in [1.807, 2.05) is 0 Å². The Morgan fingerprint density at radius 3 is 2.56 bits per heavy atom.